The molecule has 7 nitrogen and oxygen atoms in total. The molecule has 0 heterocycles. The SMILES string of the molecule is O=C(Nc1ccc(Cl)cc1)Nc1ccc(Oc2cccc(C(=O)NO)c2)cc1. The maximum atomic E-state index is 12.0. The number of carbonyl (C=O) groups excluding carboxylic acids is 2. The van der Waals surface area contributed by atoms with E-state index in [1.165, 1.54) is 6.07 Å². The minimum Gasteiger partial charge on any atom is -0.457 e. The third-order valence-corrected chi connectivity index (χ3v) is 3.90. The summed E-state index contributed by atoms with van der Waals surface area (Å²) >= 11 is 5.81. The summed E-state index contributed by atoms with van der Waals surface area (Å²) in [6.07, 6.45) is 0. The number of anilines is 2. The van der Waals surface area contributed by atoms with Gasteiger partial charge < -0.3 is 15.4 Å². The molecule has 3 rings (SSSR count). The van der Waals surface area contributed by atoms with Crippen LogP contribution in [0.2, 0.25) is 5.02 Å². The van der Waals surface area contributed by atoms with Gasteiger partial charge in [-0.1, -0.05) is 17.7 Å². The van der Waals surface area contributed by atoms with Crippen molar-refractivity contribution in [1.82, 2.24) is 5.48 Å². The van der Waals surface area contributed by atoms with Crippen molar-refractivity contribution in [3.05, 3.63) is 83.4 Å². The van der Waals surface area contributed by atoms with Crippen LogP contribution in [0.5, 0.6) is 11.5 Å². The molecule has 8 heteroatoms. The van der Waals surface area contributed by atoms with E-state index in [1.54, 1.807) is 72.2 Å². The smallest absolute Gasteiger partial charge is 0.323 e. The Kier molecular flexibility index (Phi) is 6.11. The van der Waals surface area contributed by atoms with Crippen LogP contribution in [0.4, 0.5) is 16.2 Å². The van der Waals surface area contributed by atoms with Crippen molar-refractivity contribution in [3.63, 3.8) is 0 Å². The molecule has 0 aliphatic heterocycles. The molecule has 142 valence electrons. The van der Waals surface area contributed by atoms with E-state index >= 15 is 0 Å². The van der Waals surface area contributed by atoms with Crippen LogP contribution in [0, 0.1) is 0 Å². The first kappa shape index (κ1) is 19.2. The number of urea groups is 1. The van der Waals surface area contributed by atoms with Crippen molar-refractivity contribution in [2.45, 2.75) is 0 Å². The number of carbonyl (C=O) groups is 2. The van der Waals surface area contributed by atoms with Crippen LogP contribution < -0.4 is 20.9 Å². The Hall–Kier alpha value is -3.55. The lowest BCUT2D eigenvalue weighted by Crippen LogP contribution is -2.19. The Morgan fingerprint density at radius 3 is 2.04 bits per heavy atom. The Morgan fingerprint density at radius 2 is 1.43 bits per heavy atom. The summed E-state index contributed by atoms with van der Waals surface area (Å²) in [6, 6.07) is 19.5. The van der Waals surface area contributed by atoms with E-state index in [0.717, 1.165) is 0 Å². The van der Waals surface area contributed by atoms with Crippen molar-refractivity contribution in [2.24, 2.45) is 0 Å². The average Bonchev–Trinajstić information content (AvgIpc) is 2.71. The fourth-order valence-electron chi connectivity index (χ4n) is 2.33. The molecule has 3 aromatic rings. The molecule has 0 spiro atoms. The van der Waals surface area contributed by atoms with Gasteiger partial charge >= 0.3 is 6.03 Å². The maximum absolute atomic E-state index is 12.0. The molecule has 0 saturated heterocycles. The van der Waals surface area contributed by atoms with Gasteiger partial charge in [0.05, 0.1) is 0 Å². The summed E-state index contributed by atoms with van der Waals surface area (Å²) in [5, 5.41) is 14.7. The van der Waals surface area contributed by atoms with Crippen molar-refractivity contribution in [1.29, 1.82) is 0 Å². The van der Waals surface area contributed by atoms with Gasteiger partial charge in [0.2, 0.25) is 0 Å². The van der Waals surface area contributed by atoms with Crippen molar-refractivity contribution in [2.75, 3.05) is 10.6 Å². The van der Waals surface area contributed by atoms with Crippen molar-refractivity contribution >= 4 is 34.9 Å². The summed E-state index contributed by atoms with van der Waals surface area (Å²) in [6.45, 7) is 0. The van der Waals surface area contributed by atoms with Gasteiger partial charge in [0.15, 0.2) is 0 Å². The van der Waals surface area contributed by atoms with Crippen LogP contribution in [-0.4, -0.2) is 17.1 Å². The highest BCUT2D eigenvalue weighted by Gasteiger charge is 2.07. The highest BCUT2D eigenvalue weighted by atomic mass is 35.5. The first-order chi connectivity index (χ1) is 13.5. The first-order valence-corrected chi connectivity index (χ1v) is 8.57. The van der Waals surface area contributed by atoms with Crippen molar-refractivity contribution < 1.29 is 19.5 Å². The highest BCUT2D eigenvalue weighted by molar-refractivity contribution is 6.30. The Labute approximate surface area is 165 Å². The highest BCUT2D eigenvalue weighted by Crippen LogP contribution is 2.24. The molecule has 0 bridgehead atoms. The van der Waals surface area contributed by atoms with Crippen molar-refractivity contribution in [3.8, 4) is 11.5 Å². The molecule has 3 amide bonds. The Balaban J connectivity index is 1.59. The summed E-state index contributed by atoms with van der Waals surface area (Å²) in [5.74, 6) is 0.323. The summed E-state index contributed by atoms with van der Waals surface area (Å²) < 4.78 is 5.68. The number of hydroxylamine groups is 1. The molecule has 0 saturated carbocycles. The van der Waals surface area contributed by atoms with Gasteiger partial charge in [0, 0.05) is 22.0 Å². The quantitative estimate of drug-likeness (QED) is 0.363. The Morgan fingerprint density at radius 1 is 0.821 bits per heavy atom. The fraction of sp³-hybridized carbons (Fsp3) is 0. The minimum absolute atomic E-state index is 0.261. The number of halogens is 1. The van der Waals surface area contributed by atoms with E-state index in [9.17, 15) is 9.59 Å². The number of rotatable bonds is 5. The first-order valence-electron chi connectivity index (χ1n) is 8.19. The molecule has 0 aliphatic carbocycles. The van der Waals surface area contributed by atoms with E-state index in [-0.39, 0.29) is 5.56 Å². The molecule has 0 aliphatic rings. The molecule has 0 atom stereocenters. The normalized spacial score (nSPS) is 10.1. The van der Waals surface area contributed by atoms with Gasteiger partial charge in [-0.05, 0) is 66.7 Å². The van der Waals surface area contributed by atoms with E-state index in [1.807, 2.05) is 0 Å². The predicted octanol–water partition coefficient (Wildman–Crippen LogP) is 4.90. The molecular formula is C20H16ClN3O4. The lowest BCUT2D eigenvalue weighted by Gasteiger charge is -2.10. The van der Waals surface area contributed by atoms with Gasteiger partial charge in [0.25, 0.3) is 5.91 Å². The van der Waals surface area contributed by atoms with Crippen LogP contribution in [0.15, 0.2) is 72.8 Å². The van der Waals surface area contributed by atoms with Gasteiger partial charge in [-0.2, -0.15) is 0 Å². The number of hydrogen-bond donors (Lipinski definition) is 4. The number of amides is 3. The van der Waals surface area contributed by atoms with E-state index < -0.39 is 11.9 Å². The molecule has 0 fully saturated rings. The zero-order valence-electron chi connectivity index (χ0n) is 14.5. The summed E-state index contributed by atoms with van der Waals surface area (Å²) in [7, 11) is 0. The fourth-order valence-corrected chi connectivity index (χ4v) is 2.46. The van der Waals surface area contributed by atoms with E-state index in [2.05, 4.69) is 10.6 Å². The van der Waals surface area contributed by atoms with E-state index in [0.29, 0.717) is 27.9 Å². The summed E-state index contributed by atoms with van der Waals surface area (Å²) in [4.78, 5) is 23.5. The Bertz CT molecular complexity index is 976. The second-order valence-electron chi connectivity index (χ2n) is 5.68. The molecule has 0 unspecified atom stereocenters. The zero-order chi connectivity index (χ0) is 19.9. The second kappa shape index (κ2) is 8.90. The van der Waals surface area contributed by atoms with E-state index in [4.69, 9.17) is 21.5 Å². The van der Waals surface area contributed by atoms with Crippen LogP contribution in [0.1, 0.15) is 10.4 Å². The standard InChI is InChI=1S/C20H16ClN3O4/c21-14-4-6-15(7-5-14)22-20(26)23-16-8-10-17(11-9-16)28-18-3-1-2-13(12-18)19(25)24-27/h1-12,27H,(H,24,25)(H2,22,23,26). The molecule has 0 aromatic heterocycles. The topological polar surface area (TPSA) is 99.7 Å². The van der Waals surface area contributed by atoms with Crippen LogP contribution >= 0.6 is 11.6 Å². The maximum Gasteiger partial charge on any atom is 0.323 e. The van der Waals surface area contributed by atoms with Crippen LogP contribution in [-0.2, 0) is 0 Å². The third kappa shape index (κ3) is 5.23. The predicted molar refractivity (Wildman–Crippen MR) is 106 cm³/mol. The molecule has 4 N–H and O–H groups in total. The monoisotopic (exact) mass is 397 g/mol. The second-order valence-corrected chi connectivity index (χ2v) is 6.12. The van der Waals surface area contributed by atoms with Gasteiger partial charge in [0.1, 0.15) is 11.5 Å². The summed E-state index contributed by atoms with van der Waals surface area (Å²) in [5.41, 5.74) is 3.03. The average molecular weight is 398 g/mol. The van der Waals surface area contributed by atoms with Gasteiger partial charge in [-0.3, -0.25) is 10.0 Å². The minimum atomic E-state index is -0.628. The number of nitrogens with one attached hydrogen (secondary N) is 3. The number of ether oxygens (including phenoxy) is 1. The van der Waals surface area contributed by atoms with Crippen LogP contribution in [0.3, 0.4) is 0 Å². The lowest BCUT2D eigenvalue weighted by atomic mass is 10.2. The molecule has 0 radical (unpaired) electrons. The number of hydrogen-bond acceptors (Lipinski definition) is 4. The molecular weight excluding hydrogens is 382 g/mol. The molecule has 3 aromatic carbocycles. The van der Waals surface area contributed by atoms with Gasteiger partial charge in [-0.25, -0.2) is 10.3 Å². The zero-order valence-corrected chi connectivity index (χ0v) is 15.2. The molecule has 28 heavy (non-hydrogen) atoms. The van der Waals surface area contributed by atoms with Crippen LogP contribution in [0.25, 0.3) is 0 Å². The largest absolute Gasteiger partial charge is 0.457 e. The third-order valence-electron chi connectivity index (χ3n) is 3.65. The van der Waals surface area contributed by atoms with Gasteiger partial charge in [-0.15, -0.1) is 0 Å². The number of benzene rings is 3. The lowest BCUT2D eigenvalue weighted by molar-refractivity contribution is 0.0706.